The summed E-state index contributed by atoms with van der Waals surface area (Å²) in [6.45, 7) is 0. The van der Waals surface area contributed by atoms with Crippen molar-refractivity contribution in [1.29, 1.82) is 0 Å². The van der Waals surface area contributed by atoms with Crippen molar-refractivity contribution in [3.05, 3.63) is 69.6 Å². The third-order valence-corrected chi connectivity index (χ3v) is 4.87. The van der Waals surface area contributed by atoms with E-state index >= 15 is 0 Å². The van der Waals surface area contributed by atoms with Gasteiger partial charge in [-0.2, -0.15) is 0 Å². The molecule has 1 aliphatic carbocycles. The number of rotatable bonds is 2. The Hall–Kier alpha value is -2.17. The summed E-state index contributed by atoms with van der Waals surface area (Å²) in [5.41, 5.74) is 4.03. The van der Waals surface area contributed by atoms with Crippen LogP contribution in [0.3, 0.4) is 0 Å². The van der Waals surface area contributed by atoms with Gasteiger partial charge in [-0.1, -0.05) is 35.9 Å². The van der Waals surface area contributed by atoms with Crippen LogP contribution in [0.15, 0.2) is 48.5 Å². The Morgan fingerprint density at radius 1 is 1.14 bits per heavy atom. The van der Waals surface area contributed by atoms with Crippen molar-refractivity contribution in [2.24, 2.45) is 0 Å². The molecule has 0 unspecified atom stereocenters. The van der Waals surface area contributed by atoms with Crippen molar-refractivity contribution >= 4 is 34.0 Å². The van der Waals surface area contributed by atoms with Crippen LogP contribution < -0.4 is 5.32 Å². The number of halogens is 1. The molecule has 0 saturated carbocycles. The van der Waals surface area contributed by atoms with Crippen LogP contribution in [0.4, 0.5) is 5.13 Å². The number of aromatic nitrogens is 1. The van der Waals surface area contributed by atoms with Gasteiger partial charge in [-0.25, -0.2) is 4.98 Å². The molecule has 2 aromatic carbocycles. The average Bonchev–Trinajstić information content (AvgIpc) is 3.05. The number of fused-ring (bicyclic) bond motifs is 3. The molecule has 1 amide bonds. The molecule has 1 aliphatic rings. The first-order valence-electron chi connectivity index (χ1n) is 6.85. The summed E-state index contributed by atoms with van der Waals surface area (Å²) in [5.74, 6) is -0.169. The quantitative estimate of drug-likeness (QED) is 0.584. The summed E-state index contributed by atoms with van der Waals surface area (Å²) in [7, 11) is 0. The smallest absolute Gasteiger partial charge is 0.257 e. The number of carbonyl (C=O) groups excluding carboxylic acids is 1. The zero-order valence-electron chi connectivity index (χ0n) is 11.5. The molecule has 0 spiro atoms. The monoisotopic (exact) mass is 326 g/mol. The van der Waals surface area contributed by atoms with Crippen molar-refractivity contribution in [2.45, 2.75) is 6.42 Å². The van der Waals surface area contributed by atoms with E-state index in [-0.39, 0.29) is 5.91 Å². The molecule has 22 heavy (non-hydrogen) atoms. The fourth-order valence-corrected chi connectivity index (χ4v) is 3.70. The minimum Gasteiger partial charge on any atom is -0.298 e. The van der Waals surface area contributed by atoms with Crippen LogP contribution in [-0.2, 0) is 6.42 Å². The Morgan fingerprint density at radius 2 is 1.91 bits per heavy atom. The van der Waals surface area contributed by atoms with Crippen LogP contribution in [0.5, 0.6) is 0 Å². The Morgan fingerprint density at radius 3 is 2.73 bits per heavy atom. The number of nitrogens with one attached hydrogen (secondary N) is 1. The molecule has 1 heterocycles. The van der Waals surface area contributed by atoms with Crippen LogP contribution in [0.25, 0.3) is 11.3 Å². The number of carbonyl (C=O) groups is 1. The normalized spacial score (nSPS) is 11.9. The Kier molecular flexibility index (Phi) is 3.21. The van der Waals surface area contributed by atoms with E-state index in [1.165, 1.54) is 27.3 Å². The molecular weight excluding hydrogens is 316 g/mol. The highest BCUT2D eigenvalue weighted by atomic mass is 35.5. The third kappa shape index (κ3) is 2.30. The minimum absolute atomic E-state index is 0.169. The van der Waals surface area contributed by atoms with Crippen molar-refractivity contribution < 1.29 is 4.79 Å². The highest BCUT2D eigenvalue weighted by Gasteiger charge is 2.23. The van der Waals surface area contributed by atoms with Crippen LogP contribution in [0, 0.1) is 0 Å². The molecule has 108 valence electrons. The van der Waals surface area contributed by atoms with E-state index in [0.29, 0.717) is 15.7 Å². The molecule has 0 saturated heterocycles. The number of thiazole rings is 1. The van der Waals surface area contributed by atoms with Gasteiger partial charge in [-0.05, 0) is 29.8 Å². The molecular formula is C17H11ClN2OS. The van der Waals surface area contributed by atoms with Gasteiger partial charge in [0.05, 0.1) is 5.69 Å². The maximum atomic E-state index is 12.2. The molecule has 0 fully saturated rings. The highest BCUT2D eigenvalue weighted by molar-refractivity contribution is 7.16. The van der Waals surface area contributed by atoms with E-state index < -0.39 is 0 Å². The number of nitrogens with zero attached hydrogens (tertiary/aromatic N) is 1. The van der Waals surface area contributed by atoms with Crippen LogP contribution in [0.1, 0.15) is 20.8 Å². The van der Waals surface area contributed by atoms with Crippen LogP contribution in [-0.4, -0.2) is 10.9 Å². The number of anilines is 1. The maximum Gasteiger partial charge on any atom is 0.257 e. The summed E-state index contributed by atoms with van der Waals surface area (Å²) in [4.78, 5) is 18.0. The van der Waals surface area contributed by atoms with Gasteiger partial charge >= 0.3 is 0 Å². The Labute approximate surface area is 136 Å². The lowest BCUT2D eigenvalue weighted by Crippen LogP contribution is -2.11. The molecule has 1 aromatic heterocycles. The Balaban J connectivity index is 1.59. The van der Waals surface area contributed by atoms with E-state index in [4.69, 9.17) is 11.6 Å². The van der Waals surface area contributed by atoms with Gasteiger partial charge < -0.3 is 0 Å². The van der Waals surface area contributed by atoms with Crippen molar-refractivity contribution in [3.8, 4) is 11.3 Å². The topological polar surface area (TPSA) is 42.0 Å². The van der Waals surface area contributed by atoms with Crippen molar-refractivity contribution in [3.63, 3.8) is 0 Å². The van der Waals surface area contributed by atoms with Crippen molar-refractivity contribution in [2.75, 3.05) is 5.32 Å². The fraction of sp³-hybridized carbons (Fsp3) is 0.0588. The molecule has 3 aromatic rings. The predicted octanol–water partition coefficient (Wildman–Crippen LogP) is 4.62. The predicted molar refractivity (Wildman–Crippen MR) is 89.8 cm³/mol. The first-order chi connectivity index (χ1) is 10.7. The largest absolute Gasteiger partial charge is 0.298 e. The van der Waals surface area contributed by atoms with E-state index in [1.54, 1.807) is 24.3 Å². The number of hydrogen-bond acceptors (Lipinski definition) is 3. The van der Waals surface area contributed by atoms with E-state index in [0.717, 1.165) is 12.1 Å². The molecule has 0 atom stereocenters. The number of hydrogen-bond donors (Lipinski definition) is 1. The van der Waals surface area contributed by atoms with Crippen molar-refractivity contribution in [1.82, 2.24) is 4.98 Å². The van der Waals surface area contributed by atoms with Gasteiger partial charge in [-0.3, -0.25) is 10.1 Å². The second-order valence-corrected chi connectivity index (χ2v) is 6.61. The number of amides is 1. The minimum atomic E-state index is -0.169. The van der Waals surface area contributed by atoms with Gasteiger partial charge in [0.1, 0.15) is 0 Å². The first kappa shape index (κ1) is 13.5. The zero-order chi connectivity index (χ0) is 15.1. The third-order valence-electron chi connectivity index (χ3n) is 3.65. The average molecular weight is 327 g/mol. The molecule has 0 aliphatic heterocycles. The first-order valence-corrected chi connectivity index (χ1v) is 8.05. The number of benzene rings is 2. The molecule has 5 heteroatoms. The maximum absolute atomic E-state index is 12.2. The van der Waals surface area contributed by atoms with Gasteiger partial charge in [0.2, 0.25) is 0 Å². The van der Waals surface area contributed by atoms with Crippen LogP contribution >= 0.6 is 22.9 Å². The molecule has 0 bridgehead atoms. The van der Waals surface area contributed by atoms with Gasteiger partial charge in [-0.15, -0.1) is 11.3 Å². The highest BCUT2D eigenvalue weighted by Crippen LogP contribution is 2.40. The summed E-state index contributed by atoms with van der Waals surface area (Å²) in [5, 5.41) is 4.11. The lowest BCUT2D eigenvalue weighted by molar-refractivity contribution is 0.102. The molecule has 3 nitrogen and oxygen atoms in total. The van der Waals surface area contributed by atoms with Gasteiger partial charge in [0.25, 0.3) is 5.91 Å². The molecule has 4 rings (SSSR count). The summed E-state index contributed by atoms with van der Waals surface area (Å²) in [6, 6.07) is 15.1. The lowest BCUT2D eigenvalue weighted by atomic mass is 10.1. The fourth-order valence-electron chi connectivity index (χ4n) is 2.58. The second kappa shape index (κ2) is 5.23. The van der Waals surface area contributed by atoms with Gasteiger partial charge in [0, 0.05) is 27.4 Å². The van der Waals surface area contributed by atoms with E-state index in [2.05, 4.69) is 22.4 Å². The van der Waals surface area contributed by atoms with E-state index in [1.807, 2.05) is 12.1 Å². The SMILES string of the molecule is O=C(Nc1nc2c(s1)Cc1ccccc1-2)c1ccc(Cl)cc1. The summed E-state index contributed by atoms with van der Waals surface area (Å²) < 4.78 is 0. The molecule has 0 radical (unpaired) electrons. The standard InChI is InChI=1S/C17H11ClN2OS/c18-12-7-5-10(6-8-12)16(21)20-17-19-15-13-4-2-1-3-11(13)9-14(15)22-17/h1-8H,9H2,(H,19,20,21). The summed E-state index contributed by atoms with van der Waals surface area (Å²) in [6.07, 6.45) is 0.889. The van der Waals surface area contributed by atoms with Gasteiger partial charge in [0.15, 0.2) is 5.13 Å². The molecule has 1 N–H and O–H groups in total. The van der Waals surface area contributed by atoms with E-state index in [9.17, 15) is 4.79 Å². The second-order valence-electron chi connectivity index (χ2n) is 5.09. The summed E-state index contributed by atoms with van der Waals surface area (Å²) >= 11 is 7.37. The zero-order valence-corrected chi connectivity index (χ0v) is 13.0. The van der Waals surface area contributed by atoms with Crippen LogP contribution in [0.2, 0.25) is 5.02 Å². The Bertz CT molecular complexity index is 871. The lowest BCUT2D eigenvalue weighted by Gasteiger charge is -2.02.